The summed E-state index contributed by atoms with van der Waals surface area (Å²) in [6.07, 6.45) is 10.5. The van der Waals surface area contributed by atoms with Crippen LogP contribution >= 0.6 is 0 Å². The first-order valence-corrected chi connectivity index (χ1v) is 9.60. The third-order valence-corrected chi connectivity index (χ3v) is 5.47. The third-order valence-electron chi connectivity index (χ3n) is 5.47. The first-order valence-electron chi connectivity index (χ1n) is 9.60. The van der Waals surface area contributed by atoms with Crippen LogP contribution in [0.2, 0.25) is 0 Å². The number of amides is 1. The Morgan fingerprint density at radius 2 is 1.91 bits per heavy atom. The van der Waals surface area contributed by atoms with Crippen molar-refractivity contribution < 1.29 is 4.79 Å². The summed E-state index contributed by atoms with van der Waals surface area (Å²) in [4.78, 5) is 17.2. The molecule has 0 bridgehead atoms. The van der Waals surface area contributed by atoms with E-state index in [0.717, 1.165) is 58.0 Å². The maximum atomic E-state index is 12.3. The van der Waals surface area contributed by atoms with Gasteiger partial charge in [0.2, 0.25) is 5.91 Å². The molecule has 1 aliphatic heterocycles. The zero-order valence-electron chi connectivity index (χ0n) is 15.1. The van der Waals surface area contributed by atoms with Crippen LogP contribution in [0, 0.1) is 11.8 Å². The van der Waals surface area contributed by atoms with Crippen molar-refractivity contribution in [2.24, 2.45) is 11.8 Å². The quantitative estimate of drug-likeness (QED) is 0.698. The monoisotopic (exact) mass is 321 g/mol. The molecule has 1 unspecified atom stereocenters. The van der Waals surface area contributed by atoms with Gasteiger partial charge in [-0.1, -0.05) is 26.0 Å². The lowest BCUT2D eigenvalue weighted by Gasteiger charge is -2.34. The van der Waals surface area contributed by atoms with E-state index in [4.69, 9.17) is 0 Å². The van der Waals surface area contributed by atoms with Gasteiger partial charge in [0.05, 0.1) is 0 Å². The summed E-state index contributed by atoms with van der Waals surface area (Å²) in [6, 6.07) is 0. The summed E-state index contributed by atoms with van der Waals surface area (Å²) < 4.78 is 0. The average Bonchev–Trinajstić information content (AvgIpc) is 2.60. The lowest BCUT2D eigenvalue weighted by atomic mass is 9.91. The minimum atomic E-state index is 0.231. The highest BCUT2D eigenvalue weighted by Gasteiger charge is 2.26. The zero-order chi connectivity index (χ0) is 16.5. The van der Waals surface area contributed by atoms with Crippen molar-refractivity contribution in [2.75, 3.05) is 45.8 Å². The molecule has 1 atom stereocenters. The van der Waals surface area contributed by atoms with Crippen LogP contribution in [0.4, 0.5) is 0 Å². The largest absolute Gasteiger partial charge is 0.355 e. The number of likely N-dealkylation sites (tertiary alicyclic amines) is 1. The molecule has 1 saturated heterocycles. The van der Waals surface area contributed by atoms with Gasteiger partial charge in [0.25, 0.3) is 0 Å². The number of nitrogens with zero attached hydrogens (tertiary/aromatic N) is 2. The number of piperidine rings is 1. The molecule has 0 radical (unpaired) electrons. The van der Waals surface area contributed by atoms with Crippen LogP contribution in [0.15, 0.2) is 12.2 Å². The second-order valence-electron chi connectivity index (χ2n) is 7.04. The molecular formula is C19H35N3O. The van der Waals surface area contributed by atoms with E-state index in [-0.39, 0.29) is 11.8 Å². The minimum Gasteiger partial charge on any atom is -0.355 e. The lowest BCUT2D eigenvalue weighted by Crippen LogP contribution is -2.43. The Kier molecular flexibility index (Phi) is 8.10. The number of nitrogens with one attached hydrogen (secondary N) is 1. The van der Waals surface area contributed by atoms with Crippen LogP contribution < -0.4 is 5.32 Å². The number of carbonyl (C=O) groups is 1. The van der Waals surface area contributed by atoms with Gasteiger partial charge in [-0.3, -0.25) is 4.79 Å². The summed E-state index contributed by atoms with van der Waals surface area (Å²) in [6.45, 7) is 11.6. The Hall–Kier alpha value is -0.870. The molecule has 2 aliphatic rings. The van der Waals surface area contributed by atoms with Gasteiger partial charge in [0, 0.05) is 25.6 Å². The molecule has 1 fully saturated rings. The summed E-state index contributed by atoms with van der Waals surface area (Å²) in [7, 11) is 0. The van der Waals surface area contributed by atoms with E-state index in [1.54, 1.807) is 0 Å². The SMILES string of the molecule is CCN(CC)CCNC(=O)C1CCN(CC2CC=CCC2)CC1. The second-order valence-corrected chi connectivity index (χ2v) is 7.04. The van der Waals surface area contributed by atoms with Gasteiger partial charge in [-0.2, -0.15) is 0 Å². The van der Waals surface area contributed by atoms with E-state index in [0.29, 0.717) is 0 Å². The number of likely N-dealkylation sites (N-methyl/N-ethyl adjacent to an activating group) is 1. The molecule has 132 valence electrons. The highest BCUT2D eigenvalue weighted by Crippen LogP contribution is 2.23. The van der Waals surface area contributed by atoms with E-state index < -0.39 is 0 Å². The smallest absolute Gasteiger partial charge is 0.223 e. The molecule has 0 aromatic rings. The number of allylic oxidation sites excluding steroid dienone is 2. The molecule has 1 aliphatic carbocycles. The van der Waals surface area contributed by atoms with Crippen molar-refractivity contribution in [3.05, 3.63) is 12.2 Å². The molecule has 1 amide bonds. The molecule has 23 heavy (non-hydrogen) atoms. The fraction of sp³-hybridized carbons (Fsp3) is 0.842. The van der Waals surface area contributed by atoms with Crippen molar-refractivity contribution in [1.29, 1.82) is 0 Å². The highest BCUT2D eigenvalue weighted by molar-refractivity contribution is 5.78. The average molecular weight is 322 g/mol. The van der Waals surface area contributed by atoms with Gasteiger partial charge < -0.3 is 15.1 Å². The van der Waals surface area contributed by atoms with Crippen molar-refractivity contribution in [3.63, 3.8) is 0 Å². The Balaban J connectivity index is 1.61. The van der Waals surface area contributed by atoms with Crippen molar-refractivity contribution in [2.45, 2.75) is 46.0 Å². The maximum Gasteiger partial charge on any atom is 0.223 e. The Morgan fingerprint density at radius 1 is 1.17 bits per heavy atom. The van der Waals surface area contributed by atoms with Crippen molar-refractivity contribution in [3.8, 4) is 0 Å². The molecule has 0 saturated carbocycles. The molecule has 1 N–H and O–H groups in total. The summed E-state index contributed by atoms with van der Waals surface area (Å²) >= 11 is 0. The van der Waals surface area contributed by atoms with Crippen LogP contribution in [-0.2, 0) is 4.79 Å². The fourth-order valence-corrected chi connectivity index (χ4v) is 3.79. The van der Waals surface area contributed by atoms with E-state index in [9.17, 15) is 4.79 Å². The molecule has 0 aromatic carbocycles. The van der Waals surface area contributed by atoms with Gasteiger partial charge >= 0.3 is 0 Å². The molecule has 4 heteroatoms. The first-order chi connectivity index (χ1) is 11.2. The summed E-state index contributed by atoms with van der Waals surface area (Å²) in [5.74, 6) is 1.34. The normalized spacial score (nSPS) is 23.3. The molecule has 4 nitrogen and oxygen atoms in total. The minimum absolute atomic E-state index is 0.231. The summed E-state index contributed by atoms with van der Waals surface area (Å²) in [5, 5.41) is 3.14. The van der Waals surface area contributed by atoms with Crippen LogP contribution in [0.25, 0.3) is 0 Å². The summed E-state index contributed by atoms with van der Waals surface area (Å²) in [5.41, 5.74) is 0. The van der Waals surface area contributed by atoms with Gasteiger partial charge in [-0.15, -0.1) is 0 Å². The zero-order valence-corrected chi connectivity index (χ0v) is 15.1. The molecule has 0 spiro atoms. The van der Waals surface area contributed by atoms with Crippen LogP contribution in [0.3, 0.4) is 0 Å². The first kappa shape index (κ1) is 18.5. The second kappa shape index (κ2) is 10.1. The molecule has 1 heterocycles. The Bertz CT molecular complexity index is 371. The molecule has 0 aromatic heterocycles. The topological polar surface area (TPSA) is 35.6 Å². The third kappa shape index (κ3) is 6.27. The molecule has 2 rings (SSSR count). The Labute approximate surface area is 142 Å². The molecular weight excluding hydrogens is 286 g/mol. The van der Waals surface area contributed by atoms with Crippen LogP contribution in [-0.4, -0.2) is 61.5 Å². The van der Waals surface area contributed by atoms with E-state index >= 15 is 0 Å². The van der Waals surface area contributed by atoms with Crippen molar-refractivity contribution in [1.82, 2.24) is 15.1 Å². The van der Waals surface area contributed by atoms with Crippen LogP contribution in [0.1, 0.15) is 46.0 Å². The van der Waals surface area contributed by atoms with Crippen LogP contribution in [0.5, 0.6) is 0 Å². The van der Waals surface area contributed by atoms with Gasteiger partial charge in [-0.05, 0) is 64.2 Å². The van der Waals surface area contributed by atoms with Crippen molar-refractivity contribution >= 4 is 5.91 Å². The van der Waals surface area contributed by atoms with Gasteiger partial charge in [0.1, 0.15) is 0 Å². The van der Waals surface area contributed by atoms with E-state index in [2.05, 4.69) is 41.1 Å². The van der Waals surface area contributed by atoms with E-state index in [1.165, 1.54) is 25.8 Å². The number of hydrogen-bond donors (Lipinski definition) is 1. The lowest BCUT2D eigenvalue weighted by molar-refractivity contribution is -0.126. The fourth-order valence-electron chi connectivity index (χ4n) is 3.79. The van der Waals surface area contributed by atoms with E-state index in [1.807, 2.05) is 0 Å². The predicted molar refractivity (Wildman–Crippen MR) is 96.4 cm³/mol. The highest BCUT2D eigenvalue weighted by atomic mass is 16.1. The predicted octanol–water partition coefficient (Wildman–Crippen LogP) is 2.51. The van der Waals surface area contributed by atoms with Gasteiger partial charge in [-0.25, -0.2) is 0 Å². The standard InChI is InChI=1S/C19H35N3O/c1-3-21(4-2)15-12-20-19(23)18-10-13-22(14-11-18)16-17-8-6-5-7-9-17/h5-6,17-18H,3-4,7-16H2,1-2H3,(H,20,23). The number of carbonyl (C=O) groups excluding carboxylic acids is 1. The van der Waals surface area contributed by atoms with Gasteiger partial charge in [0.15, 0.2) is 0 Å². The number of hydrogen-bond acceptors (Lipinski definition) is 3. The maximum absolute atomic E-state index is 12.3. The Morgan fingerprint density at radius 3 is 2.52 bits per heavy atom. The number of rotatable bonds is 8.